The van der Waals surface area contributed by atoms with Crippen molar-refractivity contribution in [1.29, 1.82) is 0 Å². The van der Waals surface area contributed by atoms with Crippen molar-refractivity contribution in [2.45, 2.75) is 19.3 Å². The summed E-state index contributed by atoms with van der Waals surface area (Å²) in [7, 11) is -2.91. The molecule has 0 fully saturated rings. The van der Waals surface area contributed by atoms with Crippen molar-refractivity contribution in [3.05, 3.63) is 211 Å². The summed E-state index contributed by atoms with van der Waals surface area (Å²) >= 11 is 0. The third-order valence-corrected chi connectivity index (χ3v) is 17.8. The van der Waals surface area contributed by atoms with Gasteiger partial charge in [-0.3, -0.25) is 0 Å². The van der Waals surface area contributed by atoms with Gasteiger partial charge in [-0.1, -0.05) is 196 Å². The average molecular weight is 770 g/mol. The van der Waals surface area contributed by atoms with Crippen LogP contribution in [-0.4, -0.2) is 22.6 Å². The Morgan fingerprint density at radius 3 is 1.86 bits per heavy atom. The van der Waals surface area contributed by atoms with Gasteiger partial charge in [0.2, 0.25) is 8.07 Å². The first kappa shape index (κ1) is 33.9. The number of rotatable bonds is 5. The van der Waals surface area contributed by atoms with Gasteiger partial charge in [-0.15, -0.1) is 0 Å². The highest BCUT2D eigenvalue weighted by Crippen LogP contribution is 2.53. The van der Waals surface area contributed by atoms with Crippen LogP contribution in [0.25, 0.3) is 72.4 Å². The van der Waals surface area contributed by atoms with Gasteiger partial charge in [-0.2, -0.15) is 0 Å². The van der Waals surface area contributed by atoms with Crippen LogP contribution in [0.1, 0.15) is 25.0 Å². The van der Waals surface area contributed by atoms with Crippen molar-refractivity contribution in [3.63, 3.8) is 0 Å². The third kappa shape index (κ3) is 4.69. The van der Waals surface area contributed by atoms with E-state index in [1.165, 1.54) is 65.2 Å². The predicted octanol–water partition coefficient (Wildman–Crippen LogP) is 10.6. The first-order chi connectivity index (χ1) is 29.0. The fourth-order valence-electron chi connectivity index (χ4n) is 10.5. The predicted molar refractivity (Wildman–Crippen MR) is 247 cm³/mol. The van der Waals surface area contributed by atoms with Gasteiger partial charge in [-0.05, 0) is 56.0 Å². The lowest BCUT2D eigenvalue weighted by Gasteiger charge is -2.30. The molecule has 0 radical (unpaired) electrons. The molecule has 2 aliphatic rings. The molecule has 0 unspecified atom stereocenters. The minimum absolute atomic E-state index is 0.111. The second-order valence-corrected chi connectivity index (χ2v) is 20.1. The highest BCUT2D eigenvalue weighted by Gasteiger charge is 2.51. The Kier molecular flexibility index (Phi) is 7.29. The smallest absolute Gasteiger partial charge is 0.203 e. The molecule has 12 rings (SSSR count). The lowest BCUT2D eigenvalue weighted by atomic mass is 9.82. The van der Waals surface area contributed by atoms with Gasteiger partial charge < -0.3 is 4.57 Å². The molecule has 0 bridgehead atoms. The van der Waals surface area contributed by atoms with Gasteiger partial charge in [0.05, 0.1) is 22.0 Å². The molecule has 4 heteroatoms. The van der Waals surface area contributed by atoms with Crippen molar-refractivity contribution in [3.8, 4) is 50.6 Å². The van der Waals surface area contributed by atoms with Crippen LogP contribution in [-0.2, 0) is 5.41 Å². The number of hydrogen-bond donors (Lipinski definition) is 0. The summed E-state index contributed by atoms with van der Waals surface area (Å²) in [6.45, 7) is 4.73. The van der Waals surface area contributed by atoms with Crippen molar-refractivity contribution >= 4 is 50.8 Å². The number of nitrogens with zero attached hydrogens (tertiary/aromatic N) is 3. The van der Waals surface area contributed by atoms with Gasteiger partial charge in [0, 0.05) is 44.1 Å². The summed E-state index contributed by atoms with van der Waals surface area (Å²) in [6.07, 6.45) is 0. The van der Waals surface area contributed by atoms with E-state index >= 15 is 0 Å². The maximum atomic E-state index is 5.70. The summed E-state index contributed by atoms with van der Waals surface area (Å²) in [5.41, 5.74) is 14.2. The number of hydrogen-bond acceptors (Lipinski definition) is 2. The first-order valence-electron chi connectivity index (χ1n) is 20.5. The van der Waals surface area contributed by atoms with Gasteiger partial charge in [0.25, 0.3) is 0 Å². The molecule has 278 valence electrons. The van der Waals surface area contributed by atoms with Crippen molar-refractivity contribution < 1.29 is 0 Å². The molecule has 0 amide bonds. The summed E-state index contributed by atoms with van der Waals surface area (Å²) < 4.78 is 2.51. The Morgan fingerprint density at radius 2 is 1.10 bits per heavy atom. The maximum absolute atomic E-state index is 5.70. The van der Waals surface area contributed by atoms with Gasteiger partial charge in [-0.25, -0.2) is 9.97 Å². The second-order valence-electron chi connectivity index (χ2n) is 16.5. The van der Waals surface area contributed by atoms with E-state index < -0.39 is 8.07 Å². The summed E-state index contributed by atoms with van der Waals surface area (Å²) in [5, 5.41) is 7.64. The highest BCUT2D eigenvalue weighted by molar-refractivity contribution is 7.21. The summed E-state index contributed by atoms with van der Waals surface area (Å²) in [6, 6.07) is 73.4. The highest BCUT2D eigenvalue weighted by atomic mass is 28.3. The second kappa shape index (κ2) is 12.7. The molecule has 0 N–H and O–H groups in total. The van der Waals surface area contributed by atoms with Crippen LogP contribution in [0, 0.1) is 0 Å². The topological polar surface area (TPSA) is 30.7 Å². The van der Waals surface area contributed by atoms with Crippen molar-refractivity contribution in [2.24, 2.45) is 0 Å². The molecule has 0 spiro atoms. The van der Waals surface area contributed by atoms with Gasteiger partial charge in [0.15, 0.2) is 5.82 Å². The molecular formula is C55H39N3Si. The Bertz CT molecular complexity index is 3250. The largest absolute Gasteiger partial charge is 0.309 e. The van der Waals surface area contributed by atoms with Crippen LogP contribution in [0.5, 0.6) is 0 Å². The zero-order valence-electron chi connectivity index (χ0n) is 32.9. The molecule has 1 aliphatic heterocycles. The van der Waals surface area contributed by atoms with E-state index in [9.17, 15) is 0 Å². The van der Waals surface area contributed by atoms with Crippen LogP contribution >= 0.6 is 0 Å². The fraction of sp³-hybridized carbons (Fsp3) is 0.0545. The first-order valence-corrected chi connectivity index (χ1v) is 22.5. The Labute approximate surface area is 345 Å². The molecule has 3 nitrogen and oxygen atoms in total. The Balaban J connectivity index is 1.18. The molecular weight excluding hydrogens is 731 g/mol. The van der Waals surface area contributed by atoms with E-state index in [1.54, 1.807) is 0 Å². The summed E-state index contributed by atoms with van der Waals surface area (Å²) in [4.78, 5) is 11.3. The molecule has 2 aromatic heterocycles. The van der Waals surface area contributed by atoms with Gasteiger partial charge >= 0.3 is 0 Å². The van der Waals surface area contributed by atoms with Crippen LogP contribution < -0.4 is 20.9 Å². The zero-order valence-corrected chi connectivity index (χ0v) is 33.9. The number of fused-ring (bicyclic) bond motifs is 10. The zero-order chi connectivity index (χ0) is 39.3. The van der Waals surface area contributed by atoms with E-state index in [0.29, 0.717) is 0 Å². The molecule has 0 saturated carbocycles. The van der Waals surface area contributed by atoms with E-state index in [0.717, 1.165) is 39.2 Å². The number of aromatic nitrogens is 3. The van der Waals surface area contributed by atoms with Crippen LogP contribution in [0.3, 0.4) is 0 Å². The Morgan fingerprint density at radius 1 is 0.475 bits per heavy atom. The molecule has 59 heavy (non-hydrogen) atoms. The molecule has 1 aliphatic carbocycles. The Hall–Kier alpha value is -7.14. The lowest BCUT2D eigenvalue weighted by molar-refractivity contribution is 0.661. The maximum Gasteiger partial charge on any atom is 0.203 e. The quantitative estimate of drug-likeness (QED) is 0.163. The molecule has 0 saturated heterocycles. The van der Waals surface area contributed by atoms with E-state index in [-0.39, 0.29) is 5.41 Å². The molecule has 8 aromatic carbocycles. The van der Waals surface area contributed by atoms with Crippen molar-refractivity contribution in [2.75, 3.05) is 0 Å². The molecule has 0 atom stereocenters. The number of benzene rings is 8. The normalized spacial score (nSPS) is 14.2. The number of para-hydroxylation sites is 1. The van der Waals surface area contributed by atoms with E-state index in [2.05, 4.69) is 219 Å². The minimum atomic E-state index is -2.91. The fourth-order valence-corrected chi connectivity index (χ4v) is 15.5. The van der Waals surface area contributed by atoms with Gasteiger partial charge in [0.1, 0.15) is 0 Å². The van der Waals surface area contributed by atoms with E-state index in [4.69, 9.17) is 9.97 Å². The summed E-state index contributed by atoms with van der Waals surface area (Å²) in [5.74, 6) is 0.745. The van der Waals surface area contributed by atoms with E-state index in [1.807, 2.05) is 0 Å². The van der Waals surface area contributed by atoms with Crippen LogP contribution in [0.2, 0.25) is 0 Å². The van der Waals surface area contributed by atoms with Crippen molar-refractivity contribution in [1.82, 2.24) is 14.5 Å². The monoisotopic (exact) mass is 769 g/mol. The molecule has 10 aromatic rings. The van der Waals surface area contributed by atoms with Crippen LogP contribution in [0.4, 0.5) is 0 Å². The van der Waals surface area contributed by atoms with Crippen LogP contribution in [0.15, 0.2) is 200 Å². The minimum Gasteiger partial charge on any atom is -0.309 e. The molecule has 3 heterocycles. The third-order valence-electron chi connectivity index (χ3n) is 13.1. The SMILES string of the molecule is CC1(C)c2ccccc2-c2c1ccc1c3ccccc3n(-c3cccc(-c4nc(-c5ccccc5)nc5c4-c4ccccc4[Si]5(c4ccccc4)c4ccccc4)c3)c21. The lowest BCUT2D eigenvalue weighted by Crippen LogP contribution is -2.73. The average Bonchev–Trinajstić information content (AvgIpc) is 3.88. The standard InChI is InChI=1S/C55H39N3Si/c1-55(2)45-30-15-12-28-43(45)49-46(55)34-33-42-41-27-13-16-31-47(41)58(52(42)49)38-22-18-21-37(35-38)51-50-44-29-14-17-32-48(44)59(39-23-8-4-9-24-39,40-25-10-5-11-26-40)54(50)57-53(56-51)36-19-6-3-7-20-36/h3-35H,1-2H3.